The van der Waals surface area contributed by atoms with Crippen LogP contribution in [0.15, 0.2) is 24.4 Å². The lowest BCUT2D eigenvalue weighted by Gasteiger charge is -2.41. The molecule has 9 heteroatoms. The van der Waals surface area contributed by atoms with Crippen LogP contribution in [0.1, 0.15) is 46.9 Å². The Morgan fingerprint density at radius 2 is 2.06 bits per heavy atom. The summed E-state index contributed by atoms with van der Waals surface area (Å²) in [7, 11) is 0. The van der Waals surface area contributed by atoms with E-state index in [1.807, 2.05) is 18.7 Å². The van der Waals surface area contributed by atoms with Crippen LogP contribution in [-0.4, -0.2) is 65.0 Å². The molecule has 2 aliphatic heterocycles. The molecule has 2 amide bonds. The maximum Gasteiger partial charge on any atom is 0.257 e. The number of hydrogen-bond donors (Lipinski definition) is 1. The number of aromatic nitrogens is 1. The number of aryl methyl sites for hydroxylation is 1. The van der Waals surface area contributed by atoms with Gasteiger partial charge in [0, 0.05) is 50.7 Å². The van der Waals surface area contributed by atoms with Gasteiger partial charge in [0.2, 0.25) is 0 Å². The summed E-state index contributed by atoms with van der Waals surface area (Å²) in [6, 6.07) is 4.41. The number of benzene rings is 1. The summed E-state index contributed by atoms with van der Waals surface area (Å²) in [5.74, 6) is -0.748. The fraction of sp³-hybridized carbons (Fsp3) is 0.480. The minimum atomic E-state index is -0.420. The van der Waals surface area contributed by atoms with Crippen molar-refractivity contribution in [1.82, 2.24) is 14.8 Å². The Labute approximate surface area is 204 Å². The lowest BCUT2D eigenvalue weighted by molar-refractivity contribution is -0.145. The molecule has 1 aromatic heterocycles. The lowest BCUT2D eigenvalue weighted by atomic mass is 10.0. The molecule has 0 radical (unpaired) electrons. The number of piperazine rings is 1. The lowest BCUT2D eigenvalue weighted by Crippen LogP contribution is -2.55. The van der Waals surface area contributed by atoms with Crippen molar-refractivity contribution in [1.29, 1.82) is 0 Å². The Morgan fingerprint density at radius 1 is 1.26 bits per heavy atom. The molecule has 2 saturated heterocycles. The summed E-state index contributed by atoms with van der Waals surface area (Å²) in [6.45, 7) is 8.81. The van der Waals surface area contributed by atoms with Crippen LogP contribution in [0.25, 0.3) is 0 Å². The van der Waals surface area contributed by atoms with E-state index in [9.17, 15) is 14.0 Å². The summed E-state index contributed by atoms with van der Waals surface area (Å²) in [5.41, 5.74) is 2.95. The van der Waals surface area contributed by atoms with Crippen LogP contribution in [-0.2, 0) is 16.1 Å². The molecular weight excluding hydrogens is 459 g/mol. The fourth-order valence-corrected chi connectivity index (χ4v) is 4.72. The summed E-state index contributed by atoms with van der Waals surface area (Å²) in [4.78, 5) is 33.7. The topological polar surface area (TPSA) is 74.8 Å². The second-order valence-corrected chi connectivity index (χ2v) is 9.51. The highest BCUT2D eigenvalue weighted by Gasteiger charge is 2.34. The summed E-state index contributed by atoms with van der Waals surface area (Å²) < 4.78 is 20.0. The number of rotatable bonds is 5. The molecule has 182 valence electrons. The highest BCUT2D eigenvalue weighted by atomic mass is 35.5. The van der Waals surface area contributed by atoms with Crippen LogP contribution >= 0.6 is 11.6 Å². The maximum absolute atomic E-state index is 14.5. The first-order valence-electron chi connectivity index (χ1n) is 11.6. The van der Waals surface area contributed by atoms with Crippen molar-refractivity contribution < 1.29 is 18.7 Å². The molecule has 2 aliphatic rings. The van der Waals surface area contributed by atoms with Gasteiger partial charge in [-0.05, 0) is 62.9 Å². The van der Waals surface area contributed by atoms with Gasteiger partial charge in [-0.25, -0.2) is 4.39 Å². The number of carbonyl (C=O) groups is 2. The van der Waals surface area contributed by atoms with Crippen molar-refractivity contribution in [3.05, 3.63) is 57.6 Å². The fourth-order valence-electron chi connectivity index (χ4n) is 4.56. The average molecular weight is 489 g/mol. The van der Waals surface area contributed by atoms with E-state index < -0.39 is 11.7 Å². The number of halogens is 2. The minimum Gasteiger partial charge on any atom is -0.368 e. The van der Waals surface area contributed by atoms with Crippen molar-refractivity contribution in [3.63, 3.8) is 0 Å². The Bertz CT molecular complexity index is 1090. The predicted octanol–water partition coefficient (Wildman–Crippen LogP) is 3.95. The van der Waals surface area contributed by atoms with Gasteiger partial charge in [0.15, 0.2) is 0 Å². The van der Waals surface area contributed by atoms with E-state index in [-0.39, 0.29) is 18.1 Å². The number of pyridine rings is 1. The minimum absolute atomic E-state index is 0.0391. The van der Waals surface area contributed by atoms with Crippen molar-refractivity contribution in [2.45, 2.75) is 52.3 Å². The van der Waals surface area contributed by atoms with Crippen LogP contribution in [0.4, 0.5) is 10.1 Å². The van der Waals surface area contributed by atoms with E-state index in [4.69, 9.17) is 16.3 Å². The molecule has 7 nitrogen and oxygen atoms in total. The normalized spacial score (nSPS) is 21.0. The first kappa shape index (κ1) is 24.6. The number of anilines is 1. The van der Waals surface area contributed by atoms with Crippen LogP contribution in [0.2, 0.25) is 5.02 Å². The summed E-state index contributed by atoms with van der Waals surface area (Å²) in [6.07, 6.45) is 2.85. The molecule has 0 saturated carbocycles. The largest absolute Gasteiger partial charge is 0.368 e. The summed E-state index contributed by atoms with van der Waals surface area (Å²) in [5, 5.41) is 3.19. The Morgan fingerprint density at radius 3 is 2.74 bits per heavy atom. The third kappa shape index (κ3) is 5.40. The van der Waals surface area contributed by atoms with E-state index in [1.54, 1.807) is 13.0 Å². The van der Waals surface area contributed by atoms with Crippen molar-refractivity contribution in [2.75, 3.05) is 31.6 Å². The maximum atomic E-state index is 14.5. The van der Waals surface area contributed by atoms with E-state index in [2.05, 4.69) is 15.2 Å². The number of nitrogens with one attached hydrogen (secondary N) is 1. The molecule has 3 heterocycles. The second-order valence-electron chi connectivity index (χ2n) is 9.10. The van der Waals surface area contributed by atoms with Gasteiger partial charge in [-0.1, -0.05) is 11.6 Å². The van der Waals surface area contributed by atoms with Gasteiger partial charge in [0.05, 0.1) is 16.3 Å². The standard InChI is InChI=1S/C25H30ClFN4O3/c1-15-13-30(6-7-31(15)25(33)23-5-4-8-34-23)14-19-9-20(27)11-22(16(19)2)29-24(32)18-10-21(26)17(3)28-12-18/h9-12,15,23H,4-8,13-14H2,1-3H3,(H,29,32)/t15-,23+/m0/s1. The Balaban J connectivity index is 1.43. The van der Waals surface area contributed by atoms with E-state index in [0.29, 0.717) is 54.8 Å². The zero-order valence-electron chi connectivity index (χ0n) is 19.7. The molecule has 4 rings (SSSR count). The quantitative estimate of drug-likeness (QED) is 0.689. The van der Waals surface area contributed by atoms with E-state index in [1.165, 1.54) is 18.3 Å². The van der Waals surface area contributed by atoms with Gasteiger partial charge >= 0.3 is 0 Å². The van der Waals surface area contributed by atoms with Crippen molar-refractivity contribution in [3.8, 4) is 0 Å². The highest BCUT2D eigenvalue weighted by Crippen LogP contribution is 2.25. The van der Waals surface area contributed by atoms with Crippen LogP contribution < -0.4 is 5.32 Å². The third-order valence-corrected chi connectivity index (χ3v) is 6.99. The van der Waals surface area contributed by atoms with Crippen molar-refractivity contribution in [2.24, 2.45) is 0 Å². The Kier molecular flexibility index (Phi) is 7.50. The molecule has 0 unspecified atom stereocenters. The first-order valence-corrected chi connectivity index (χ1v) is 12.0. The predicted molar refractivity (Wildman–Crippen MR) is 129 cm³/mol. The molecule has 0 bridgehead atoms. The number of carbonyl (C=O) groups excluding carboxylic acids is 2. The third-order valence-electron chi connectivity index (χ3n) is 6.61. The molecule has 2 atom stereocenters. The molecule has 1 N–H and O–H groups in total. The highest BCUT2D eigenvalue weighted by molar-refractivity contribution is 6.31. The molecule has 2 aromatic rings. The Hall–Kier alpha value is -2.55. The first-order chi connectivity index (χ1) is 16.2. The zero-order valence-corrected chi connectivity index (χ0v) is 20.5. The molecular formula is C25H30ClFN4O3. The molecule has 1 aromatic carbocycles. The number of amides is 2. The number of ether oxygens (including phenoxy) is 1. The molecule has 34 heavy (non-hydrogen) atoms. The SMILES string of the molecule is Cc1ncc(C(=O)Nc2cc(F)cc(CN3CCN(C(=O)[C@H]4CCCO4)[C@@H](C)C3)c2C)cc1Cl. The average Bonchev–Trinajstić information content (AvgIpc) is 3.33. The van der Waals surface area contributed by atoms with Gasteiger partial charge in [-0.3, -0.25) is 19.5 Å². The van der Waals surface area contributed by atoms with Gasteiger partial charge in [-0.15, -0.1) is 0 Å². The van der Waals surface area contributed by atoms with Crippen LogP contribution in [0.3, 0.4) is 0 Å². The van der Waals surface area contributed by atoms with Crippen molar-refractivity contribution >= 4 is 29.1 Å². The smallest absolute Gasteiger partial charge is 0.257 e. The van der Waals surface area contributed by atoms with Gasteiger partial charge in [0.25, 0.3) is 11.8 Å². The van der Waals surface area contributed by atoms with Gasteiger partial charge < -0.3 is 15.0 Å². The van der Waals surface area contributed by atoms with E-state index in [0.717, 1.165) is 24.0 Å². The molecule has 0 aliphatic carbocycles. The molecule has 0 spiro atoms. The van der Waals surface area contributed by atoms with Crippen LogP contribution in [0, 0.1) is 19.7 Å². The van der Waals surface area contributed by atoms with Gasteiger partial charge in [0.1, 0.15) is 11.9 Å². The number of nitrogens with zero attached hydrogens (tertiary/aromatic N) is 3. The second kappa shape index (κ2) is 10.4. The van der Waals surface area contributed by atoms with E-state index >= 15 is 0 Å². The molecule has 2 fully saturated rings. The van der Waals surface area contributed by atoms with Gasteiger partial charge in [-0.2, -0.15) is 0 Å². The zero-order chi connectivity index (χ0) is 24.4. The monoisotopic (exact) mass is 488 g/mol. The summed E-state index contributed by atoms with van der Waals surface area (Å²) >= 11 is 6.09. The van der Waals surface area contributed by atoms with Crippen LogP contribution in [0.5, 0.6) is 0 Å². The number of hydrogen-bond acceptors (Lipinski definition) is 5.